The molecule has 31 heavy (non-hydrogen) atoms. The average molecular weight is 447 g/mol. The van der Waals surface area contributed by atoms with Gasteiger partial charge in [-0.05, 0) is 49.2 Å². The number of benzene rings is 2. The van der Waals surface area contributed by atoms with E-state index in [2.05, 4.69) is 0 Å². The van der Waals surface area contributed by atoms with Crippen LogP contribution in [0.25, 0.3) is 6.08 Å². The van der Waals surface area contributed by atoms with E-state index in [9.17, 15) is 18.8 Å². The van der Waals surface area contributed by atoms with Crippen molar-refractivity contribution in [2.45, 2.75) is 26.4 Å². The van der Waals surface area contributed by atoms with E-state index >= 15 is 0 Å². The maximum absolute atomic E-state index is 14.2. The van der Waals surface area contributed by atoms with Gasteiger partial charge < -0.3 is 9.47 Å². The molecule has 9 heteroatoms. The minimum Gasteiger partial charge on any atom is -0.493 e. The molecule has 0 bridgehead atoms. The van der Waals surface area contributed by atoms with Gasteiger partial charge in [0, 0.05) is 0 Å². The third kappa shape index (κ3) is 4.54. The molecule has 0 aromatic heterocycles. The summed E-state index contributed by atoms with van der Waals surface area (Å²) in [5.41, 5.74) is -0.271. The fourth-order valence-corrected chi connectivity index (χ4v) is 3.16. The third-order valence-electron chi connectivity index (χ3n) is 4.65. The van der Waals surface area contributed by atoms with Gasteiger partial charge in [-0.25, -0.2) is 14.1 Å². The molecule has 0 unspecified atom stereocenters. The quantitative estimate of drug-likeness (QED) is 0.527. The highest BCUT2D eigenvalue weighted by molar-refractivity contribution is 6.39. The molecule has 1 aliphatic heterocycles. The van der Waals surface area contributed by atoms with Gasteiger partial charge in [-0.15, -0.1) is 0 Å². The molecule has 1 N–H and O–H groups in total. The van der Waals surface area contributed by atoms with E-state index in [1.807, 2.05) is 19.2 Å². The van der Waals surface area contributed by atoms with Crippen molar-refractivity contribution in [1.29, 1.82) is 0 Å². The second kappa shape index (κ2) is 9.18. The standard InChI is InChI=1S/C22H20ClFN2O5/c1-4-12(2)31-19-15(23)10-13(11-18(19)30-3)9-14-20(27)25-22(29)26(21(14)28)17-8-6-5-7-16(17)24/h5-12H,4H2,1-3H3,(H,25,27,29)/b14-9+/t12-/m1/s1. The molecule has 7 nitrogen and oxygen atoms in total. The number of rotatable bonds is 6. The minimum atomic E-state index is -1.04. The summed E-state index contributed by atoms with van der Waals surface area (Å²) in [6.07, 6.45) is 1.89. The Labute approximate surface area is 183 Å². The zero-order valence-electron chi connectivity index (χ0n) is 17.1. The predicted octanol–water partition coefficient (Wildman–Crippen LogP) is 4.33. The van der Waals surface area contributed by atoms with E-state index in [0.717, 1.165) is 12.5 Å². The number of barbiturate groups is 1. The Kier molecular flexibility index (Phi) is 6.60. The number of amides is 4. The largest absolute Gasteiger partial charge is 0.493 e. The van der Waals surface area contributed by atoms with Gasteiger partial charge in [-0.3, -0.25) is 14.9 Å². The first-order valence-corrected chi connectivity index (χ1v) is 9.84. The Morgan fingerprint density at radius 1 is 1.23 bits per heavy atom. The summed E-state index contributed by atoms with van der Waals surface area (Å²) in [4.78, 5) is 38.0. The van der Waals surface area contributed by atoms with Gasteiger partial charge >= 0.3 is 6.03 Å². The third-order valence-corrected chi connectivity index (χ3v) is 4.93. The van der Waals surface area contributed by atoms with Gasteiger partial charge in [0.2, 0.25) is 0 Å². The lowest BCUT2D eigenvalue weighted by atomic mass is 10.1. The number of carbonyl (C=O) groups excluding carboxylic acids is 3. The van der Waals surface area contributed by atoms with Crippen molar-refractivity contribution in [3.05, 3.63) is 58.4 Å². The van der Waals surface area contributed by atoms with E-state index in [0.29, 0.717) is 22.0 Å². The Bertz CT molecular complexity index is 1090. The highest BCUT2D eigenvalue weighted by Crippen LogP contribution is 2.38. The Balaban J connectivity index is 2.03. The summed E-state index contributed by atoms with van der Waals surface area (Å²) in [7, 11) is 1.43. The number of anilines is 1. The molecule has 1 aliphatic rings. The molecule has 1 heterocycles. The highest BCUT2D eigenvalue weighted by atomic mass is 35.5. The molecule has 3 rings (SSSR count). The summed E-state index contributed by atoms with van der Waals surface area (Å²) >= 11 is 6.34. The van der Waals surface area contributed by atoms with Crippen LogP contribution in [0.2, 0.25) is 5.02 Å². The van der Waals surface area contributed by atoms with Gasteiger partial charge in [-0.1, -0.05) is 30.7 Å². The van der Waals surface area contributed by atoms with Crippen LogP contribution in [-0.4, -0.2) is 31.1 Å². The number of methoxy groups -OCH3 is 1. The minimum absolute atomic E-state index is 0.110. The highest BCUT2D eigenvalue weighted by Gasteiger charge is 2.38. The van der Waals surface area contributed by atoms with Crippen LogP contribution in [-0.2, 0) is 9.59 Å². The fraction of sp³-hybridized carbons (Fsp3) is 0.227. The fourth-order valence-electron chi connectivity index (χ4n) is 2.90. The van der Waals surface area contributed by atoms with Crippen molar-refractivity contribution < 1.29 is 28.2 Å². The van der Waals surface area contributed by atoms with E-state index in [1.165, 1.54) is 37.5 Å². The van der Waals surface area contributed by atoms with Gasteiger partial charge in [0.25, 0.3) is 11.8 Å². The molecule has 2 aromatic carbocycles. The average Bonchev–Trinajstić information content (AvgIpc) is 2.73. The second-order valence-corrected chi connectivity index (χ2v) is 7.19. The van der Waals surface area contributed by atoms with E-state index in [1.54, 1.807) is 6.07 Å². The summed E-state index contributed by atoms with van der Waals surface area (Å²) in [6, 6.07) is 7.27. The molecule has 0 saturated carbocycles. The molecule has 4 amide bonds. The first kappa shape index (κ1) is 22.3. The van der Waals surface area contributed by atoms with Crippen LogP contribution in [0.1, 0.15) is 25.8 Å². The topological polar surface area (TPSA) is 84.9 Å². The zero-order chi connectivity index (χ0) is 22.7. The molecular weight excluding hydrogens is 427 g/mol. The molecule has 1 atom stereocenters. The monoisotopic (exact) mass is 446 g/mol. The molecule has 0 aliphatic carbocycles. The van der Waals surface area contributed by atoms with Gasteiger partial charge in [0.1, 0.15) is 11.4 Å². The molecule has 162 valence electrons. The van der Waals surface area contributed by atoms with Crippen LogP contribution in [0.3, 0.4) is 0 Å². The molecule has 0 spiro atoms. The van der Waals surface area contributed by atoms with Crippen molar-refractivity contribution >= 4 is 41.2 Å². The molecular formula is C22H20ClFN2O5. The summed E-state index contributed by atoms with van der Waals surface area (Å²) in [6.45, 7) is 3.84. The van der Waals surface area contributed by atoms with E-state index in [4.69, 9.17) is 21.1 Å². The SMILES string of the molecule is CC[C@@H](C)Oc1c(Cl)cc(/C=C2\C(=O)NC(=O)N(c3ccccc3F)C2=O)cc1OC. The van der Waals surface area contributed by atoms with Gasteiger partial charge in [-0.2, -0.15) is 0 Å². The first-order chi connectivity index (χ1) is 14.8. The lowest BCUT2D eigenvalue weighted by Gasteiger charge is -2.26. The van der Waals surface area contributed by atoms with Gasteiger partial charge in [0.05, 0.1) is 23.9 Å². The summed E-state index contributed by atoms with van der Waals surface area (Å²) in [5, 5.41) is 2.27. The number of para-hydroxylation sites is 1. The summed E-state index contributed by atoms with van der Waals surface area (Å²) < 4.78 is 25.3. The maximum atomic E-state index is 14.2. The smallest absolute Gasteiger partial charge is 0.336 e. The maximum Gasteiger partial charge on any atom is 0.336 e. The van der Waals surface area contributed by atoms with E-state index < -0.39 is 23.7 Å². The number of carbonyl (C=O) groups is 3. The number of ether oxygens (including phenoxy) is 2. The number of halogens is 2. The lowest BCUT2D eigenvalue weighted by Crippen LogP contribution is -2.54. The first-order valence-electron chi connectivity index (χ1n) is 9.47. The van der Waals surface area contributed by atoms with Crippen LogP contribution >= 0.6 is 11.6 Å². The molecule has 1 saturated heterocycles. The number of nitrogens with zero attached hydrogens (tertiary/aromatic N) is 1. The van der Waals surface area contributed by atoms with Crippen molar-refractivity contribution in [1.82, 2.24) is 5.32 Å². The van der Waals surface area contributed by atoms with Crippen molar-refractivity contribution in [2.24, 2.45) is 0 Å². The van der Waals surface area contributed by atoms with Crippen LogP contribution < -0.4 is 19.7 Å². The number of urea groups is 1. The van der Waals surface area contributed by atoms with Gasteiger partial charge in [0.15, 0.2) is 11.5 Å². The Hall–Kier alpha value is -3.39. The lowest BCUT2D eigenvalue weighted by molar-refractivity contribution is -0.122. The number of hydrogen-bond donors (Lipinski definition) is 1. The number of nitrogens with one attached hydrogen (secondary N) is 1. The zero-order valence-corrected chi connectivity index (χ0v) is 17.8. The van der Waals surface area contributed by atoms with Crippen LogP contribution in [0.15, 0.2) is 42.0 Å². The Morgan fingerprint density at radius 3 is 2.58 bits per heavy atom. The van der Waals surface area contributed by atoms with Crippen molar-refractivity contribution in [2.75, 3.05) is 12.0 Å². The van der Waals surface area contributed by atoms with Crippen LogP contribution in [0, 0.1) is 5.82 Å². The molecule has 2 aromatic rings. The molecule has 1 fully saturated rings. The van der Waals surface area contributed by atoms with E-state index in [-0.39, 0.29) is 22.4 Å². The molecule has 0 radical (unpaired) electrons. The van der Waals surface area contributed by atoms with Crippen molar-refractivity contribution in [3.63, 3.8) is 0 Å². The van der Waals surface area contributed by atoms with Crippen LogP contribution in [0.4, 0.5) is 14.9 Å². The predicted molar refractivity (Wildman–Crippen MR) is 114 cm³/mol. The second-order valence-electron chi connectivity index (χ2n) is 6.78. The van der Waals surface area contributed by atoms with Crippen LogP contribution in [0.5, 0.6) is 11.5 Å². The van der Waals surface area contributed by atoms with Crippen molar-refractivity contribution in [3.8, 4) is 11.5 Å². The Morgan fingerprint density at radius 2 is 1.94 bits per heavy atom. The summed E-state index contributed by atoms with van der Waals surface area (Å²) in [5.74, 6) is -2.00. The number of hydrogen-bond acceptors (Lipinski definition) is 5. The normalized spacial score (nSPS) is 16.4. The number of imide groups is 2.